The summed E-state index contributed by atoms with van der Waals surface area (Å²) in [5, 5.41) is 8.10. The van der Waals surface area contributed by atoms with Gasteiger partial charge in [-0.05, 0) is 18.7 Å². The number of ether oxygens (including phenoxy) is 1. The summed E-state index contributed by atoms with van der Waals surface area (Å²) in [7, 11) is 3.53. The third-order valence-corrected chi connectivity index (χ3v) is 5.57. The fraction of sp³-hybridized carbons (Fsp3) is 0.348. The molecule has 0 spiro atoms. The predicted molar refractivity (Wildman–Crippen MR) is 120 cm³/mol. The van der Waals surface area contributed by atoms with E-state index in [0.29, 0.717) is 17.1 Å². The molecule has 0 unspecified atom stereocenters. The molecule has 4 rings (SSSR count). The first kappa shape index (κ1) is 21.0. The van der Waals surface area contributed by atoms with E-state index in [1.54, 1.807) is 18.5 Å². The molecular formula is C23H28N6O2. The number of likely N-dealkylation sites (N-methyl/N-ethyl adjacent to an activating group) is 1. The molecule has 1 N–H and O–H groups in total. The van der Waals surface area contributed by atoms with Crippen molar-refractivity contribution in [2.45, 2.75) is 6.54 Å². The molecule has 1 saturated heterocycles. The molecule has 0 amide bonds. The van der Waals surface area contributed by atoms with Gasteiger partial charge in [0.2, 0.25) is 0 Å². The van der Waals surface area contributed by atoms with E-state index in [1.807, 2.05) is 22.9 Å². The third-order valence-electron chi connectivity index (χ3n) is 5.57. The molecule has 8 nitrogen and oxygen atoms in total. The molecule has 1 aliphatic rings. The fourth-order valence-corrected chi connectivity index (χ4v) is 3.68. The van der Waals surface area contributed by atoms with Gasteiger partial charge < -0.3 is 15.0 Å². The van der Waals surface area contributed by atoms with Crippen LogP contribution >= 0.6 is 0 Å². The largest absolute Gasteiger partial charge is 0.465 e. The lowest BCUT2D eigenvalue weighted by molar-refractivity contribution is 0.0602. The van der Waals surface area contributed by atoms with Crippen molar-refractivity contribution in [1.29, 1.82) is 0 Å². The van der Waals surface area contributed by atoms with E-state index in [4.69, 9.17) is 9.84 Å². The number of pyridine rings is 1. The lowest BCUT2D eigenvalue weighted by Gasteiger charge is -2.32. The summed E-state index contributed by atoms with van der Waals surface area (Å²) in [6.07, 6.45) is 5.25. The van der Waals surface area contributed by atoms with Gasteiger partial charge in [-0.3, -0.25) is 14.6 Å². The molecule has 3 heterocycles. The number of carbonyl (C=O) groups excluding carboxylic acids is 1. The van der Waals surface area contributed by atoms with E-state index in [2.05, 4.69) is 45.5 Å². The van der Waals surface area contributed by atoms with Crippen molar-refractivity contribution in [3.63, 3.8) is 0 Å². The highest BCUT2D eigenvalue weighted by Gasteiger charge is 2.18. The monoisotopic (exact) mass is 420 g/mol. The van der Waals surface area contributed by atoms with Gasteiger partial charge in [0.05, 0.1) is 31.1 Å². The maximum Gasteiger partial charge on any atom is 0.340 e. The summed E-state index contributed by atoms with van der Waals surface area (Å²) in [5.41, 5.74) is 3.01. The van der Waals surface area contributed by atoms with Crippen LogP contribution in [0.4, 0.5) is 11.5 Å². The first-order chi connectivity index (χ1) is 15.1. The van der Waals surface area contributed by atoms with Crippen LogP contribution in [0.3, 0.4) is 0 Å². The molecule has 2 aromatic heterocycles. The van der Waals surface area contributed by atoms with Crippen LogP contribution in [0.2, 0.25) is 0 Å². The number of carbonyl (C=O) groups is 1. The number of anilines is 2. The van der Waals surface area contributed by atoms with E-state index in [1.165, 1.54) is 7.11 Å². The number of nitrogens with zero attached hydrogens (tertiary/aromatic N) is 5. The summed E-state index contributed by atoms with van der Waals surface area (Å²) < 4.78 is 6.88. The molecule has 3 aromatic rings. The second-order valence-electron chi connectivity index (χ2n) is 7.70. The summed E-state index contributed by atoms with van der Waals surface area (Å²) >= 11 is 0. The van der Waals surface area contributed by atoms with Gasteiger partial charge in [0.15, 0.2) is 5.82 Å². The SMILES string of the molecule is COC(=O)c1ccncc1Nc1nn(CCN2CCN(C)CC2)cc1-c1ccccc1. The van der Waals surface area contributed by atoms with E-state index >= 15 is 0 Å². The smallest absolute Gasteiger partial charge is 0.340 e. The van der Waals surface area contributed by atoms with Crippen LogP contribution in [0, 0.1) is 0 Å². The van der Waals surface area contributed by atoms with E-state index in [9.17, 15) is 4.79 Å². The van der Waals surface area contributed by atoms with Gasteiger partial charge in [-0.1, -0.05) is 30.3 Å². The van der Waals surface area contributed by atoms with Crippen LogP contribution in [0.1, 0.15) is 10.4 Å². The van der Waals surface area contributed by atoms with Gasteiger partial charge in [0.25, 0.3) is 0 Å². The van der Waals surface area contributed by atoms with E-state index < -0.39 is 5.97 Å². The standard InChI is InChI=1S/C23H28N6O2/c1-27-10-12-28(13-11-27)14-15-29-17-20(18-6-4-3-5-7-18)22(26-29)25-21-16-24-9-8-19(21)23(30)31-2/h3-9,16-17H,10-15H2,1-2H3,(H,25,26). The Bertz CT molecular complexity index is 1010. The molecule has 1 aliphatic heterocycles. The predicted octanol–water partition coefficient (Wildman–Crippen LogP) is 2.72. The van der Waals surface area contributed by atoms with Gasteiger partial charge in [0, 0.05) is 50.7 Å². The van der Waals surface area contributed by atoms with Crippen LogP contribution in [0.25, 0.3) is 11.1 Å². The van der Waals surface area contributed by atoms with Crippen molar-refractivity contribution in [3.05, 3.63) is 60.6 Å². The van der Waals surface area contributed by atoms with Crippen molar-refractivity contribution >= 4 is 17.5 Å². The molecule has 0 aliphatic carbocycles. The Balaban J connectivity index is 1.58. The lowest BCUT2D eigenvalue weighted by Crippen LogP contribution is -2.45. The van der Waals surface area contributed by atoms with Gasteiger partial charge >= 0.3 is 5.97 Å². The van der Waals surface area contributed by atoms with Gasteiger partial charge in [0.1, 0.15) is 0 Å². The number of nitrogens with one attached hydrogen (secondary N) is 1. The number of hydrogen-bond acceptors (Lipinski definition) is 7. The normalized spacial score (nSPS) is 15.0. The van der Waals surface area contributed by atoms with Crippen LogP contribution in [0.5, 0.6) is 0 Å². The zero-order valence-electron chi connectivity index (χ0n) is 18.0. The number of hydrogen-bond donors (Lipinski definition) is 1. The average molecular weight is 421 g/mol. The number of benzene rings is 1. The second-order valence-corrected chi connectivity index (χ2v) is 7.70. The van der Waals surface area contributed by atoms with Gasteiger partial charge in [-0.25, -0.2) is 4.79 Å². The highest BCUT2D eigenvalue weighted by molar-refractivity contribution is 5.96. The number of aromatic nitrogens is 3. The summed E-state index contributed by atoms with van der Waals surface area (Å²) in [5.74, 6) is 0.267. The minimum Gasteiger partial charge on any atom is -0.465 e. The lowest BCUT2D eigenvalue weighted by atomic mass is 10.1. The zero-order chi connectivity index (χ0) is 21.6. The molecule has 1 aromatic carbocycles. The van der Waals surface area contributed by atoms with Crippen LogP contribution in [-0.2, 0) is 11.3 Å². The second kappa shape index (κ2) is 9.72. The number of rotatable bonds is 7. The van der Waals surface area contributed by atoms with Crippen LogP contribution < -0.4 is 5.32 Å². The third kappa shape index (κ3) is 5.10. The Labute approximate surface area is 182 Å². The Morgan fingerprint density at radius 2 is 1.87 bits per heavy atom. The van der Waals surface area contributed by atoms with Gasteiger partial charge in [-0.15, -0.1) is 0 Å². The van der Waals surface area contributed by atoms with Crippen LogP contribution in [0.15, 0.2) is 55.0 Å². The van der Waals surface area contributed by atoms with Crippen molar-refractivity contribution in [1.82, 2.24) is 24.6 Å². The van der Waals surface area contributed by atoms with E-state index in [0.717, 1.165) is 50.4 Å². The van der Waals surface area contributed by atoms with Gasteiger partial charge in [-0.2, -0.15) is 5.10 Å². The Kier molecular flexibility index (Phi) is 6.59. The maximum atomic E-state index is 12.2. The highest BCUT2D eigenvalue weighted by Crippen LogP contribution is 2.30. The fourth-order valence-electron chi connectivity index (χ4n) is 3.68. The number of esters is 1. The highest BCUT2D eigenvalue weighted by atomic mass is 16.5. The quantitative estimate of drug-likeness (QED) is 0.589. The van der Waals surface area contributed by atoms with E-state index in [-0.39, 0.29) is 0 Å². The zero-order valence-corrected chi connectivity index (χ0v) is 18.0. The summed E-state index contributed by atoms with van der Waals surface area (Å²) in [4.78, 5) is 21.1. The molecule has 8 heteroatoms. The first-order valence-corrected chi connectivity index (χ1v) is 10.5. The number of methoxy groups -OCH3 is 1. The molecule has 0 radical (unpaired) electrons. The number of piperazine rings is 1. The topological polar surface area (TPSA) is 75.5 Å². The van der Waals surface area contributed by atoms with Crippen molar-refractivity contribution in [2.75, 3.05) is 52.2 Å². The molecule has 31 heavy (non-hydrogen) atoms. The maximum absolute atomic E-state index is 12.2. The van der Waals surface area contributed by atoms with Crippen molar-refractivity contribution < 1.29 is 9.53 Å². The minimum atomic E-state index is -0.416. The molecule has 0 saturated carbocycles. The molecule has 0 bridgehead atoms. The molecule has 162 valence electrons. The Morgan fingerprint density at radius 3 is 2.61 bits per heavy atom. The van der Waals surface area contributed by atoms with Crippen molar-refractivity contribution in [2.24, 2.45) is 0 Å². The summed E-state index contributed by atoms with van der Waals surface area (Å²) in [6, 6.07) is 11.7. The Morgan fingerprint density at radius 1 is 1.10 bits per heavy atom. The van der Waals surface area contributed by atoms with Crippen LogP contribution in [-0.4, -0.2) is 77.4 Å². The molecular weight excluding hydrogens is 392 g/mol. The summed E-state index contributed by atoms with van der Waals surface area (Å²) in [6.45, 7) is 6.09. The first-order valence-electron chi connectivity index (χ1n) is 10.5. The molecule has 1 fully saturated rings. The minimum absolute atomic E-state index is 0.416. The Hall–Kier alpha value is -3.23. The average Bonchev–Trinajstić information content (AvgIpc) is 3.22. The molecule has 0 atom stereocenters. The van der Waals surface area contributed by atoms with Crippen molar-refractivity contribution in [3.8, 4) is 11.1 Å².